The number of rotatable bonds is 7. The highest BCUT2D eigenvalue weighted by molar-refractivity contribution is 5.75. The molecule has 2 rings (SSSR count). The first-order chi connectivity index (χ1) is 10.1. The summed E-state index contributed by atoms with van der Waals surface area (Å²) in [5, 5.41) is 12.8. The van der Waals surface area contributed by atoms with Crippen molar-refractivity contribution in [1.82, 2.24) is 19.1 Å². The van der Waals surface area contributed by atoms with Crippen molar-refractivity contribution in [1.29, 1.82) is 0 Å². The molecule has 1 N–H and O–H groups in total. The van der Waals surface area contributed by atoms with E-state index < -0.39 is 0 Å². The molecule has 0 unspecified atom stereocenters. The Morgan fingerprint density at radius 3 is 2.86 bits per heavy atom. The lowest BCUT2D eigenvalue weighted by atomic mass is 10.2. The lowest BCUT2D eigenvalue weighted by Crippen LogP contribution is -2.34. The zero-order chi connectivity index (χ0) is 15.2. The van der Waals surface area contributed by atoms with Crippen LogP contribution in [-0.2, 0) is 11.3 Å². The van der Waals surface area contributed by atoms with Gasteiger partial charge >= 0.3 is 5.69 Å². The lowest BCUT2D eigenvalue weighted by molar-refractivity contribution is -0.130. The van der Waals surface area contributed by atoms with Crippen LogP contribution in [0.25, 0.3) is 5.65 Å². The number of aliphatic hydroxyl groups is 1. The van der Waals surface area contributed by atoms with E-state index in [-0.39, 0.29) is 24.7 Å². The predicted octanol–water partition coefficient (Wildman–Crippen LogP) is 0.117. The quantitative estimate of drug-likeness (QED) is 0.735. The van der Waals surface area contributed by atoms with E-state index in [4.69, 9.17) is 5.11 Å². The molecular formula is C14H20N4O3. The smallest absolute Gasteiger partial charge is 0.350 e. The molecule has 0 atom stereocenters. The summed E-state index contributed by atoms with van der Waals surface area (Å²) in [5.41, 5.74) is 0.216. The molecule has 0 aliphatic carbocycles. The number of unbranched alkanes of at least 4 members (excludes halogenated alkanes) is 2. The Morgan fingerprint density at radius 2 is 2.14 bits per heavy atom. The number of fused-ring (bicyclic) bond motifs is 1. The van der Waals surface area contributed by atoms with Crippen LogP contribution in [-0.4, -0.2) is 50.3 Å². The van der Waals surface area contributed by atoms with Gasteiger partial charge in [0.2, 0.25) is 5.91 Å². The van der Waals surface area contributed by atoms with E-state index in [0.29, 0.717) is 12.2 Å². The molecular weight excluding hydrogens is 272 g/mol. The number of carbonyl (C=O) groups is 1. The first-order valence-electron chi connectivity index (χ1n) is 7.02. The third-order valence-electron chi connectivity index (χ3n) is 3.35. The highest BCUT2D eigenvalue weighted by Crippen LogP contribution is 1.99. The molecule has 0 aliphatic heterocycles. The Labute approximate surface area is 122 Å². The van der Waals surface area contributed by atoms with Crippen molar-refractivity contribution in [2.45, 2.75) is 25.8 Å². The molecule has 114 valence electrons. The minimum atomic E-state index is -0.312. The van der Waals surface area contributed by atoms with Crippen LogP contribution in [0.4, 0.5) is 0 Å². The zero-order valence-corrected chi connectivity index (χ0v) is 12.1. The minimum Gasteiger partial charge on any atom is -0.396 e. The first kappa shape index (κ1) is 15.2. The molecule has 1 amide bonds. The normalized spacial score (nSPS) is 11.0. The van der Waals surface area contributed by atoms with E-state index in [0.717, 1.165) is 19.3 Å². The van der Waals surface area contributed by atoms with Crippen LogP contribution in [0, 0.1) is 0 Å². The van der Waals surface area contributed by atoms with Crippen molar-refractivity contribution in [3.63, 3.8) is 0 Å². The standard InChI is InChI=1S/C14H20N4O3/c1-16(8-4-2-6-10-19)13(20)11-18-14(21)17-9-5-3-7-12(17)15-18/h3,5,7,9,19H,2,4,6,8,10-11H2,1H3. The summed E-state index contributed by atoms with van der Waals surface area (Å²) in [6, 6.07) is 5.26. The van der Waals surface area contributed by atoms with Crippen molar-refractivity contribution < 1.29 is 9.90 Å². The largest absolute Gasteiger partial charge is 0.396 e. The number of amides is 1. The van der Waals surface area contributed by atoms with E-state index in [9.17, 15) is 9.59 Å². The average molecular weight is 292 g/mol. The topological polar surface area (TPSA) is 79.8 Å². The number of hydrogen-bond acceptors (Lipinski definition) is 4. The number of aromatic nitrogens is 3. The Balaban J connectivity index is 1.98. The molecule has 2 aromatic rings. The van der Waals surface area contributed by atoms with Gasteiger partial charge in [-0.3, -0.25) is 9.20 Å². The highest BCUT2D eigenvalue weighted by Gasteiger charge is 2.13. The number of aliphatic hydroxyl groups excluding tert-OH is 1. The number of likely N-dealkylation sites (N-methyl/N-ethyl adjacent to an activating group) is 1. The van der Waals surface area contributed by atoms with E-state index in [1.807, 2.05) is 0 Å². The van der Waals surface area contributed by atoms with Crippen LogP contribution >= 0.6 is 0 Å². The number of nitrogens with zero attached hydrogens (tertiary/aromatic N) is 4. The third-order valence-corrected chi connectivity index (χ3v) is 3.35. The molecule has 21 heavy (non-hydrogen) atoms. The van der Waals surface area contributed by atoms with Crippen LogP contribution in [0.15, 0.2) is 29.2 Å². The summed E-state index contributed by atoms with van der Waals surface area (Å²) in [5.74, 6) is -0.149. The van der Waals surface area contributed by atoms with Crippen LogP contribution in [0.5, 0.6) is 0 Å². The van der Waals surface area contributed by atoms with E-state index in [1.54, 1.807) is 36.3 Å². The van der Waals surface area contributed by atoms with Crippen LogP contribution in [0.3, 0.4) is 0 Å². The maximum absolute atomic E-state index is 12.1. The lowest BCUT2D eigenvalue weighted by Gasteiger charge is -2.16. The molecule has 0 radical (unpaired) electrons. The molecule has 0 bridgehead atoms. The average Bonchev–Trinajstić information content (AvgIpc) is 2.80. The SMILES string of the molecule is CN(CCCCCO)C(=O)Cn1nc2ccccn2c1=O. The van der Waals surface area contributed by atoms with Gasteiger partial charge in [0.05, 0.1) is 0 Å². The molecule has 0 saturated heterocycles. The first-order valence-corrected chi connectivity index (χ1v) is 7.02. The van der Waals surface area contributed by atoms with Crippen LogP contribution in [0.2, 0.25) is 0 Å². The van der Waals surface area contributed by atoms with Crippen LogP contribution < -0.4 is 5.69 Å². The fourth-order valence-electron chi connectivity index (χ4n) is 2.08. The number of hydrogen-bond donors (Lipinski definition) is 1. The van der Waals surface area contributed by atoms with Crippen LogP contribution in [0.1, 0.15) is 19.3 Å². The Kier molecular flexibility index (Phi) is 5.10. The number of pyridine rings is 1. The summed E-state index contributed by atoms with van der Waals surface area (Å²) < 4.78 is 2.59. The van der Waals surface area contributed by atoms with E-state index in [1.165, 1.54) is 9.08 Å². The van der Waals surface area contributed by atoms with Gasteiger partial charge < -0.3 is 10.0 Å². The second-order valence-corrected chi connectivity index (χ2v) is 4.97. The van der Waals surface area contributed by atoms with Gasteiger partial charge in [0.15, 0.2) is 5.65 Å². The van der Waals surface area contributed by atoms with E-state index >= 15 is 0 Å². The van der Waals surface area contributed by atoms with Gasteiger partial charge in [0.25, 0.3) is 0 Å². The summed E-state index contributed by atoms with van der Waals surface area (Å²) >= 11 is 0. The summed E-state index contributed by atoms with van der Waals surface area (Å²) in [6.07, 6.45) is 4.09. The molecule has 0 spiro atoms. The molecule has 2 aromatic heterocycles. The molecule has 2 heterocycles. The molecule has 7 nitrogen and oxygen atoms in total. The Hall–Kier alpha value is -2.15. The number of carbonyl (C=O) groups excluding carboxylic acids is 1. The van der Waals surface area contributed by atoms with Gasteiger partial charge in [0, 0.05) is 26.4 Å². The summed E-state index contributed by atoms with van der Waals surface area (Å²) in [7, 11) is 1.71. The van der Waals surface area contributed by atoms with Crippen molar-refractivity contribution in [2.24, 2.45) is 0 Å². The monoisotopic (exact) mass is 292 g/mol. The second-order valence-electron chi connectivity index (χ2n) is 4.97. The maximum atomic E-state index is 12.1. The van der Waals surface area contributed by atoms with Crippen molar-refractivity contribution in [3.05, 3.63) is 34.9 Å². The van der Waals surface area contributed by atoms with Gasteiger partial charge in [-0.2, -0.15) is 0 Å². The second kappa shape index (κ2) is 7.03. The maximum Gasteiger partial charge on any atom is 0.350 e. The fraction of sp³-hybridized carbons (Fsp3) is 0.500. The van der Waals surface area contributed by atoms with Gasteiger partial charge in [-0.05, 0) is 31.4 Å². The van der Waals surface area contributed by atoms with Crippen molar-refractivity contribution in [3.8, 4) is 0 Å². The van der Waals surface area contributed by atoms with E-state index in [2.05, 4.69) is 5.10 Å². The van der Waals surface area contributed by atoms with Gasteiger partial charge in [0.1, 0.15) is 6.54 Å². The summed E-state index contributed by atoms with van der Waals surface area (Å²) in [4.78, 5) is 25.7. The molecule has 7 heteroatoms. The molecule has 0 fully saturated rings. The van der Waals surface area contributed by atoms with Crippen molar-refractivity contribution >= 4 is 11.6 Å². The van der Waals surface area contributed by atoms with Gasteiger partial charge in [-0.1, -0.05) is 6.07 Å². The van der Waals surface area contributed by atoms with Gasteiger partial charge in [-0.15, -0.1) is 5.10 Å². The Bertz CT molecular complexity index is 662. The van der Waals surface area contributed by atoms with Crippen molar-refractivity contribution in [2.75, 3.05) is 20.2 Å². The predicted molar refractivity (Wildman–Crippen MR) is 78.0 cm³/mol. The molecule has 0 aliphatic rings. The third kappa shape index (κ3) is 3.69. The summed E-state index contributed by atoms with van der Waals surface area (Å²) in [6.45, 7) is 0.728. The molecule has 0 aromatic carbocycles. The fourth-order valence-corrected chi connectivity index (χ4v) is 2.08. The zero-order valence-electron chi connectivity index (χ0n) is 12.1. The molecule has 0 saturated carbocycles. The van der Waals surface area contributed by atoms with Gasteiger partial charge in [-0.25, -0.2) is 9.48 Å². The minimum absolute atomic E-state index is 0.0585. The Morgan fingerprint density at radius 1 is 1.33 bits per heavy atom. The highest BCUT2D eigenvalue weighted by atomic mass is 16.3.